The monoisotopic (exact) mass is 326 g/mol. The molecule has 0 radical (unpaired) electrons. The third kappa shape index (κ3) is 2.94. The van der Waals surface area contributed by atoms with E-state index in [1.54, 1.807) is 29.2 Å². The Morgan fingerprint density at radius 3 is 2.58 bits per heavy atom. The predicted molar refractivity (Wildman–Crippen MR) is 91.6 cm³/mol. The number of rotatable bonds is 4. The molecular formula is C19H22N2O3. The van der Waals surface area contributed by atoms with E-state index in [2.05, 4.69) is 0 Å². The van der Waals surface area contributed by atoms with Crippen LogP contribution in [0.15, 0.2) is 41.0 Å². The Hall–Kier alpha value is -2.56. The summed E-state index contributed by atoms with van der Waals surface area (Å²) in [4.78, 5) is 28.8. The van der Waals surface area contributed by atoms with Gasteiger partial charge in [0.05, 0.1) is 12.8 Å². The Balaban J connectivity index is 1.75. The van der Waals surface area contributed by atoms with Crippen LogP contribution in [0, 0.1) is 19.8 Å². The minimum atomic E-state index is -0.607. The largest absolute Gasteiger partial charge is 0.467 e. The molecule has 0 aliphatic carbocycles. The molecule has 0 bridgehead atoms. The van der Waals surface area contributed by atoms with E-state index in [1.807, 2.05) is 38.1 Å². The van der Waals surface area contributed by atoms with Crippen molar-refractivity contribution in [3.63, 3.8) is 0 Å². The molecule has 1 aliphatic rings. The third-order valence-corrected chi connectivity index (χ3v) is 4.56. The van der Waals surface area contributed by atoms with Crippen LogP contribution in [0.1, 0.15) is 23.3 Å². The molecule has 1 aliphatic heterocycles. The number of anilines is 1. The van der Waals surface area contributed by atoms with Gasteiger partial charge in [0.2, 0.25) is 11.8 Å². The van der Waals surface area contributed by atoms with Crippen LogP contribution in [0.4, 0.5) is 5.69 Å². The highest BCUT2D eigenvalue weighted by Gasteiger charge is 2.39. The van der Waals surface area contributed by atoms with Gasteiger partial charge in [-0.15, -0.1) is 0 Å². The van der Waals surface area contributed by atoms with Crippen LogP contribution in [0.3, 0.4) is 0 Å². The molecule has 1 aromatic heterocycles. The van der Waals surface area contributed by atoms with E-state index in [-0.39, 0.29) is 11.8 Å². The van der Waals surface area contributed by atoms with Gasteiger partial charge in [-0.2, -0.15) is 0 Å². The topological polar surface area (TPSA) is 53.8 Å². The van der Waals surface area contributed by atoms with Crippen molar-refractivity contribution in [2.75, 3.05) is 18.5 Å². The first-order chi connectivity index (χ1) is 11.5. The maximum atomic E-state index is 12.8. The molecule has 2 aromatic rings. The third-order valence-electron chi connectivity index (χ3n) is 4.56. The molecule has 24 heavy (non-hydrogen) atoms. The van der Waals surface area contributed by atoms with Gasteiger partial charge >= 0.3 is 0 Å². The second-order valence-electron chi connectivity index (χ2n) is 6.35. The maximum absolute atomic E-state index is 12.8. The summed E-state index contributed by atoms with van der Waals surface area (Å²) in [5.74, 6) is -0.152. The number of aryl methyl sites for hydroxylation is 2. The highest BCUT2D eigenvalue weighted by atomic mass is 16.3. The number of carbonyl (C=O) groups is 2. The minimum Gasteiger partial charge on any atom is -0.467 e. The molecule has 1 fully saturated rings. The SMILES string of the molecule is Cc1cccc(C)c1N1CCC(C(=O)N(C)Cc2ccco2)C1=O. The minimum absolute atomic E-state index is 0.108. The Bertz CT molecular complexity index is 732. The highest BCUT2D eigenvalue weighted by Crippen LogP contribution is 2.31. The van der Waals surface area contributed by atoms with Crippen molar-refractivity contribution in [3.05, 3.63) is 53.5 Å². The van der Waals surface area contributed by atoms with E-state index < -0.39 is 5.92 Å². The second-order valence-corrected chi connectivity index (χ2v) is 6.35. The van der Waals surface area contributed by atoms with E-state index in [0.717, 1.165) is 16.8 Å². The molecule has 1 atom stereocenters. The lowest BCUT2D eigenvalue weighted by atomic mass is 10.1. The molecule has 0 N–H and O–H groups in total. The number of hydrogen-bond acceptors (Lipinski definition) is 3. The normalized spacial score (nSPS) is 17.4. The maximum Gasteiger partial charge on any atom is 0.239 e. The molecule has 1 unspecified atom stereocenters. The smallest absolute Gasteiger partial charge is 0.239 e. The van der Waals surface area contributed by atoms with Crippen LogP contribution in [0.25, 0.3) is 0 Å². The first kappa shape index (κ1) is 16.3. The van der Waals surface area contributed by atoms with Gasteiger partial charge in [-0.1, -0.05) is 18.2 Å². The lowest BCUT2D eigenvalue weighted by Crippen LogP contribution is -2.38. The summed E-state index contributed by atoms with van der Waals surface area (Å²) in [7, 11) is 1.71. The number of hydrogen-bond donors (Lipinski definition) is 0. The van der Waals surface area contributed by atoms with Crippen molar-refractivity contribution in [1.29, 1.82) is 0 Å². The molecule has 5 heteroatoms. The Kier molecular flexibility index (Phi) is 4.42. The highest BCUT2D eigenvalue weighted by molar-refractivity contribution is 6.10. The number of benzene rings is 1. The van der Waals surface area contributed by atoms with Gasteiger partial charge in [0.1, 0.15) is 11.7 Å². The number of nitrogens with zero attached hydrogens (tertiary/aromatic N) is 2. The standard InChI is InChI=1S/C19H22N2O3/c1-13-6-4-7-14(2)17(13)21-10-9-16(19(21)23)18(22)20(3)12-15-8-5-11-24-15/h4-8,11,16H,9-10,12H2,1-3H3. The molecule has 126 valence electrons. The van der Waals surface area contributed by atoms with Crippen molar-refractivity contribution in [2.45, 2.75) is 26.8 Å². The molecule has 0 spiro atoms. The molecule has 3 rings (SSSR count). The zero-order valence-corrected chi connectivity index (χ0v) is 14.3. The summed E-state index contributed by atoms with van der Waals surface area (Å²) in [5, 5.41) is 0. The lowest BCUT2D eigenvalue weighted by Gasteiger charge is -2.23. The van der Waals surface area contributed by atoms with Gasteiger partial charge in [-0.25, -0.2) is 0 Å². The summed E-state index contributed by atoms with van der Waals surface area (Å²) >= 11 is 0. The quantitative estimate of drug-likeness (QED) is 0.812. The van der Waals surface area contributed by atoms with E-state index in [0.29, 0.717) is 25.3 Å². The molecular weight excluding hydrogens is 304 g/mol. The second kappa shape index (κ2) is 6.51. The van der Waals surface area contributed by atoms with Crippen LogP contribution in [-0.2, 0) is 16.1 Å². The van der Waals surface area contributed by atoms with Gasteiger partial charge in [-0.05, 0) is 43.5 Å². The summed E-state index contributed by atoms with van der Waals surface area (Å²) in [5.41, 5.74) is 3.05. The fourth-order valence-electron chi connectivity index (χ4n) is 3.34. The van der Waals surface area contributed by atoms with Crippen molar-refractivity contribution in [2.24, 2.45) is 5.92 Å². The van der Waals surface area contributed by atoms with Crippen LogP contribution in [0.5, 0.6) is 0 Å². The van der Waals surface area contributed by atoms with Crippen molar-refractivity contribution in [1.82, 2.24) is 4.90 Å². The predicted octanol–water partition coefficient (Wildman–Crippen LogP) is 2.91. The Morgan fingerprint density at radius 1 is 1.25 bits per heavy atom. The van der Waals surface area contributed by atoms with Gasteiger partial charge in [0.15, 0.2) is 0 Å². The van der Waals surface area contributed by atoms with E-state index in [9.17, 15) is 9.59 Å². The van der Waals surface area contributed by atoms with Crippen LogP contribution in [0.2, 0.25) is 0 Å². The molecule has 5 nitrogen and oxygen atoms in total. The average Bonchev–Trinajstić information content (AvgIpc) is 3.17. The van der Waals surface area contributed by atoms with Crippen LogP contribution < -0.4 is 4.90 Å². The number of carbonyl (C=O) groups excluding carboxylic acids is 2. The summed E-state index contributed by atoms with van der Waals surface area (Å²) in [6, 6.07) is 9.58. The number of amides is 2. The fraction of sp³-hybridized carbons (Fsp3) is 0.368. The van der Waals surface area contributed by atoms with Crippen molar-refractivity contribution >= 4 is 17.5 Å². The molecule has 1 saturated heterocycles. The molecule has 2 amide bonds. The van der Waals surface area contributed by atoms with Crippen molar-refractivity contribution < 1.29 is 14.0 Å². The summed E-state index contributed by atoms with van der Waals surface area (Å²) < 4.78 is 5.28. The molecule has 0 saturated carbocycles. The Morgan fingerprint density at radius 2 is 1.96 bits per heavy atom. The molecule has 2 heterocycles. The van der Waals surface area contributed by atoms with E-state index in [4.69, 9.17) is 4.42 Å². The fourth-order valence-corrected chi connectivity index (χ4v) is 3.34. The zero-order valence-electron chi connectivity index (χ0n) is 14.3. The van der Waals surface area contributed by atoms with E-state index in [1.165, 1.54) is 0 Å². The Labute approximate surface area is 141 Å². The summed E-state index contributed by atoms with van der Waals surface area (Å²) in [6.45, 7) is 4.94. The first-order valence-corrected chi connectivity index (χ1v) is 8.14. The number of furan rings is 1. The van der Waals surface area contributed by atoms with E-state index >= 15 is 0 Å². The van der Waals surface area contributed by atoms with Gasteiger partial charge < -0.3 is 14.2 Å². The lowest BCUT2D eigenvalue weighted by molar-refractivity contribution is -0.139. The zero-order chi connectivity index (χ0) is 17.3. The average molecular weight is 326 g/mol. The first-order valence-electron chi connectivity index (χ1n) is 8.14. The van der Waals surface area contributed by atoms with Crippen molar-refractivity contribution in [3.8, 4) is 0 Å². The van der Waals surface area contributed by atoms with Gasteiger partial charge in [0.25, 0.3) is 0 Å². The summed E-state index contributed by atoms with van der Waals surface area (Å²) in [6.07, 6.45) is 2.13. The van der Waals surface area contributed by atoms with Gasteiger partial charge in [-0.3, -0.25) is 9.59 Å². The number of para-hydroxylation sites is 1. The van der Waals surface area contributed by atoms with Gasteiger partial charge in [0, 0.05) is 19.3 Å². The van der Waals surface area contributed by atoms with Crippen LogP contribution in [-0.4, -0.2) is 30.3 Å². The molecule has 1 aromatic carbocycles. The van der Waals surface area contributed by atoms with Crippen LogP contribution >= 0.6 is 0 Å².